The first-order valence-corrected chi connectivity index (χ1v) is 18.1. The molecule has 2 aromatic rings. The molecule has 6 rings (SSSR count). The fraction of sp³-hybridized carbons (Fsp3) is 0.605. The smallest absolute Gasteiger partial charge is 0.251 e. The van der Waals surface area contributed by atoms with Crippen LogP contribution in [0.4, 0.5) is 0 Å². The van der Waals surface area contributed by atoms with E-state index < -0.39 is 17.7 Å². The van der Waals surface area contributed by atoms with E-state index in [0.717, 1.165) is 69.2 Å². The predicted molar refractivity (Wildman–Crippen MR) is 181 cm³/mol. The number of piperidine rings is 1. The number of amides is 3. The predicted octanol–water partition coefficient (Wildman–Crippen LogP) is 5.55. The van der Waals surface area contributed by atoms with Gasteiger partial charge >= 0.3 is 0 Å². The van der Waals surface area contributed by atoms with Crippen LogP contribution in [-0.2, 0) is 16.1 Å². The van der Waals surface area contributed by atoms with Crippen molar-refractivity contribution >= 4 is 17.7 Å². The Morgan fingerprint density at radius 3 is 2.19 bits per heavy atom. The molecule has 2 saturated heterocycles. The quantitative estimate of drug-likeness (QED) is 0.296. The third kappa shape index (κ3) is 7.67. The molecule has 0 aromatic heterocycles. The maximum absolute atomic E-state index is 13.9. The second kappa shape index (κ2) is 15.2. The van der Waals surface area contributed by atoms with Crippen molar-refractivity contribution in [1.29, 1.82) is 0 Å². The van der Waals surface area contributed by atoms with Crippen molar-refractivity contribution in [2.75, 3.05) is 19.6 Å². The number of aliphatic hydroxyl groups is 1. The van der Waals surface area contributed by atoms with Crippen molar-refractivity contribution in [3.05, 3.63) is 59.7 Å². The molecule has 2 heterocycles. The van der Waals surface area contributed by atoms with Gasteiger partial charge in [-0.05, 0) is 92.8 Å². The van der Waals surface area contributed by atoms with Crippen LogP contribution in [0, 0.1) is 5.92 Å². The van der Waals surface area contributed by atoms with Gasteiger partial charge in [0, 0.05) is 37.8 Å². The molecule has 1 spiro atoms. The van der Waals surface area contributed by atoms with Crippen LogP contribution in [0.3, 0.4) is 0 Å². The number of unbranched alkanes of at least 4 members (excludes halogenated alkanes) is 1. The summed E-state index contributed by atoms with van der Waals surface area (Å²) in [7, 11) is 0. The number of benzene rings is 2. The van der Waals surface area contributed by atoms with E-state index >= 15 is 0 Å². The molecule has 2 saturated carbocycles. The summed E-state index contributed by atoms with van der Waals surface area (Å²) < 4.78 is 6.05. The molecule has 0 radical (unpaired) electrons. The van der Waals surface area contributed by atoms with Gasteiger partial charge in [0.05, 0.1) is 6.10 Å². The highest BCUT2D eigenvalue weighted by Gasteiger charge is 2.55. The van der Waals surface area contributed by atoms with Crippen molar-refractivity contribution in [2.45, 2.75) is 121 Å². The van der Waals surface area contributed by atoms with Gasteiger partial charge in [-0.25, -0.2) is 0 Å². The number of ether oxygens (including phenoxy) is 1. The molecule has 47 heavy (non-hydrogen) atoms. The fourth-order valence-corrected chi connectivity index (χ4v) is 8.11. The highest BCUT2D eigenvalue weighted by molar-refractivity contribution is 6.00. The number of nitrogens with one attached hydrogen (secondary N) is 2. The van der Waals surface area contributed by atoms with E-state index in [2.05, 4.69) is 34.6 Å². The SMILES string of the molecule is CCCCN1C(=O)[C@@H]([C@H](O)C2CCCCC2)NC(=O)C12CCN(Cc1ccc(Oc3ccc(C(=O)NC4CCCC4)cc3)cc1)CC2. The average Bonchev–Trinajstić information content (AvgIpc) is 3.62. The molecule has 2 aromatic carbocycles. The number of hydrogen-bond donors (Lipinski definition) is 3. The molecule has 9 nitrogen and oxygen atoms in total. The Hall–Kier alpha value is -3.43. The minimum atomic E-state index is -0.851. The zero-order valence-electron chi connectivity index (χ0n) is 27.9. The first-order chi connectivity index (χ1) is 22.9. The van der Waals surface area contributed by atoms with Gasteiger partial charge in [-0.3, -0.25) is 19.3 Å². The number of likely N-dealkylation sites (tertiary alicyclic amines) is 1. The molecule has 3 N–H and O–H groups in total. The van der Waals surface area contributed by atoms with Crippen molar-refractivity contribution in [3.8, 4) is 11.5 Å². The zero-order chi connectivity index (χ0) is 32.8. The lowest BCUT2D eigenvalue weighted by molar-refractivity contribution is -0.166. The van der Waals surface area contributed by atoms with E-state index in [9.17, 15) is 19.5 Å². The number of hydrogen-bond acceptors (Lipinski definition) is 6. The fourth-order valence-electron chi connectivity index (χ4n) is 8.11. The van der Waals surface area contributed by atoms with Crippen LogP contribution in [0.1, 0.15) is 106 Å². The maximum atomic E-state index is 13.9. The van der Waals surface area contributed by atoms with Crippen LogP contribution in [0.15, 0.2) is 48.5 Å². The van der Waals surface area contributed by atoms with Gasteiger partial charge in [-0.1, -0.05) is 57.6 Å². The summed E-state index contributed by atoms with van der Waals surface area (Å²) in [4.78, 5) is 44.4. The standard InChI is InChI=1S/C38H52N4O5/c1-2-3-23-42-36(45)33(34(43)28-9-5-4-6-10-28)40-37(46)38(42)21-24-41(25-22-38)26-27-13-17-31(18-14-27)47-32-19-15-29(16-20-32)35(44)39-30-11-7-8-12-30/h13-20,28,30,33-34,43H,2-12,21-26H2,1H3,(H,39,44)(H,40,46)/t33-,34-/m1/s1. The number of aliphatic hydroxyl groups excluding tert-OH is 1. The summed E-state index contributed by atoms with van der Waals surface area (Å²) in [6.45, 7) is 4.81. The lowest BCUT2D eigenvalue weighted by atomic mass is 9.78. The van der Waals surface area contributed by atoms with Crippen molar-refractivity contribution < 1.29 is 24.2 Å². The normalized spacial score (nSPS) is 23.1. The Kier molecular flexibility index (Phi) is 10.8. The monoisotopic (exact) mass is 644 g/mol. The van der Waals surface area contributed by atoms with Gasteiger partial charge in [-0.15, -0.1) is 0 Å². The maximum Gasteiger partial charge on any atom is 0.251 e. The van der Waals surface area contributed by atoms with Crippen molar-refractivity contribution in [1.82, 2.24) is 20.4 Å². The Balaban J connectivity index is 1.02. The van der Waals surface area contributed by atoms with Crippen molar-refractivity contribution in [2.24, 2.45) is 5.92 Å². The molecule has 254 valence electrons. The van der Waals surface area contributed by atoms with Gasteiger partial charge in [0.15, 0.2) is 0 Å². The zero-order valence-corrected chi connectivity index (χ0v) is 27.9. The molecule has 4 fully saturated rings. The largest absolute Gasteiger partial charge is 0.457 e. The van der Waals surface area contributed by atoms with Crippen LogP contribution < -0.4 is 15.4 Å². The van der Waals surface area contributed by atoms with Gasteiger partial charge in [0.25, 0.3) is 5.91 Å². The Morgan fingerprint density at radius 1 is 0.936 bits per heavy atom. The molecule has 4 aliphatic rings. The third-order valence-electron chi connectivity index (χ3n) is 11.0. The Bertz CT molecular complexity index is 1360. The number of carbonyl (C=O) groups is 3. The molecular formula is C38H52N4O5. The van der Waals surface area contributed by atoms with E-state index in [1.807, 2.05) is 29.2 Å². The summed E-state index contributed by atoms with van der Waals surface area (Å²) >= 11 is 0. The van der Waals surface area contributed by atoms with Crippen LogP contribution in [0.2, 0.25) is 0 Å². The molecule has 2 atom stereocenters. The summed E-state index contributed by atoms with van der Waals surface area (Å²) in [5.74, 6) is 1.23. The van der Waals surface area contributed by atoms with Crippen LogP contribution in [0.25, 0.3) is 0 Å². The van der Waals surface area contributed by atoms with Gasteiger partial charge in [0.2, 0.25) is 11.8 Å². The van der Waals surface area contributed by atoms with E-state index in [1.165, 1.54) is 19.3 Å². The lowest BCUT2D eigenvalue weighted by Crippen LogP contribution is -2.75. The van der Waals surface area contributed by atoms with E-state index in [0.29, 0.717) is 43.8 Å². The number of rotatable bonds is 11. The summed E-state index contributed by atoms with van der Waals surface area (Å²) in [5, 5.41) is 17.3. The van der Waals surface area contributed by atoms with Crippen LogP contribution >= 0.6 is 0 Å². The number of piperazine rings is 1. The first kappa shape index (κ1) is 33.5. The molecule has 0 bridgehead atoms. The minimum Gasteiger partial charge on any atom is -0.457 e. The molecule has 2 aliphatic carbocycles. The van der Waals surface area contributed by atoms with E-state index in [1.54, 1.807) is 12.1 Å². The highest BCUT2D eigenvalue weighted by Crippen LogP contribution is 2.36. The highest BCUT2D eigenvalue weighted by atomic mass is 16.5. The lowest BCUT2D eigenvalue weighted by Gasteiger charge is -2.52. The van der Waals surface area contributed by atoms with Gasteiger partial charge in [0.1, 0.15) is 23.1 Å². The van der Waals surface area contributed by atoms with Crippen molar-refractivity contribution in [3.63, 3.8) is 0 Å². The molecule has 9 heteroatoms. The minimum absolute atomic E-state index is 0.0292. The first-order valence-electron chi connectivity index (χ1n) is 18.1. The second-order valence-corrected chi connectivity index (χ2v) is 14.2. The van der Waals surface area contributed by atoms with E-state index in [4.69, 9.17) is 4.74 Å². The summed E-state index contributed by atoms with van der Waals surface area (Å²) in [5.41, 5.74) is 0.939. The number of carbonyl (C=O) groups excluding carboxylic acids is 3. The Morgan fingerprint density at radius 2 is 1.55 bits per heavy atom. The topological polar surface area (TPSA) is 111 Å². The summed E-state index contributed by atoms with van der Waals surface area (Å²) in [6, 6.07) is 14.8. The second-order valence-electron chi connectivity index (χ2n) is 14.2. The number of nitrogens with zero attached hydrogens (tertiary/aromatic N) is 2. The molecular weight excluding hydrogens is 592 g/mol. The Labute approximate surface area is 279 Å². The summed E-state index contributed by atoms with van der Waals surface area (Å²) in [6.07, 6.45) is 11.7. The third-order valence-corrected chi connectivity index (χ3v) is 11.0. The molecule has 2 aliphatic heterocycles. The molecule has 0 unspecified atom stereocenters. The molecule has 3 amide bonds. The van der Waals surface area contributed by atoms with Crippen LogP contribution in [-0.4, -0.2) is 76.0 Å². The van der Waals surface area contributed by atoms with E-state index in [-0.39, 0.29) is 29.7 Å². The van der Waals surface area contributed by atoms with Gasteiger partial charge in [-0.2, -0.15) is 0 Å². The van der Waals surface area contributed by atoms with Crippen LogP contribution in [0.5, 0.6) is 11.5 Å². The average molecular weight is 645 g/mol. The van der Waals surface area contributed by atoms with Gasteiger partial charge < -0.3 is 25.4 Å².